The van der Waals surface area contributed by atoms with Crippen LogP contribution in [0.4, 0.5) is 13.6 Å². The first-order chi connectivity index (χ1) is 8.41. The van der Waals surface area contributed by atoms with Gasteiger partial charge < -0.3 is 15.2 Å². The highest BCUT2D eigenvalue weighted by molar-refractivity contribution is 5.79. The number of carboxylic acids is 1. The number of hydrogen-bond acceptors (Lipinski definition) is 3. The monoisotopic (exact) mass is 281 g/mol. The molecule has 7 heteroatoms. The number of hydrogen-bond donors (Lipinski definition) is 2. The van der Waals surface area contributed by atoms with Crippen LogP contribution in [0.15, 0.2) is 0 Å². The summed E-state index contributed by atoms with van der Waals surface area (Å²) in [5, 5.41) is 11.0. The summed E-state index contributed by atoms with van der Waals surface area (Å²) in [5.41, 5.74) is -0.746. The van der Waals surface area contributed by atoms with Gasteiger partial charge in [0, 0.05) is 6.42 Å². The van der Waals surface area contributed by atoms with Gasteiger partial charge >= 0.3 is 12.1 Å². The highest BCUT2D eigenvalue weighted by Gasteiger charge is 2.26. The van der Waals surface area contributed by atoms with Crippen LogP contribution >= 0.6 is 0 Å². The summed E-state index contributed by atoms with van der Waals surface area (Å²) >= 11 is 0. The molecule has 0 fully saturated rings. The summed E-state index contributed by atoms with van der Waals surface area (Å²) in [4.78, 5) is 22.3. The third kappa shape index (κ3) is 10.2. The highest BCUT2D eigenvalue weighted by Crippen LogP contribution is 2.20. The Kier molecular flexibility index (Phi) is 6.18. The summed E-state index contributed by atoms with van der Waals surface area (Å²) in [6.45, 7) is 5.68. The minimum atomic E-state index is -2.84. The third-order valence-corrected chi connectivity index (χ3v) is 2.10. The van der Waals surface area contributed by atoms with E-state index in [0.717, 1.165) is 6.92 Å². The van der Waals surface area contributed by atoms with Gasteiger partial charge in [0.1, 0.15) is 11.6 Å². The van der Waals surface area contributed by atoms with Gasteiger partial charge in [-0.25, -0.2) is 18.4 Å². The summed E-state index contributed by atoms with van der Waals surface area (Å²) < 4.78 is 30.1. The molecular weight excluding hydrogens is 260 g/mol. The van der Waals surface area contributed by atoms with Crippen molar-refractivity contribution < 1.29 is 28.2 Å². The standard InChI is InChI=1S/C12H21F2NO4/c1-11(2,3)19-10(18)15-8(9(16)17)6-5-7-12(4,13)14/h8H,5-7H2,1-4H3,(H,15,18)(H,16,17). The van der Waals surface area contributed by atoms with Gasteiger partial charge in [-0.05, 0) is 40.5 Å². The lowest BCUT2D eigenvalue weighted by Gasteiger charge is -2.22. The zero-order valence-electron chi connectivity index (χ0n) is 11.6. The Morgan fingerprint density at radius 3 is 2.16 bits per heavy atom. The van der Waals surface area contributed by atoms with Crippen molar-refractivity contribution in [2.24, 2.45) is 0 Å². The van der Waals surface area contributed by atoms with Crippen molar-refractivity contribution >= 4 is 12.1 Å². The second-order valence-corrected chi connectivity index (χ2v) is 5.50. The maximum atomic E-state index is 12.6. The zero-order chi connectivity index (χ0) is 15.3. The van der Waals surface area contributed by atoms with Crippen LogP contribution < -0.4 is 5.32 Å². The van der Waals surface area contributed by atoms with Crippen LogP contribution in [0.5, 0.6) is 0 Å². The van der Waals surface area contributed by atoms with Crippen molar-refractivity contribution in [3.63, 3.8) is 0 Å². The summed E-state index contributed by atoms with van der Waals surface area (Å²) in [6.07, 6.45) is -1.37. The molecule has 0 aromatic carbocycles. The van der Waals surface area contributed by atoms with Crippen LogP contribution in [0, 0.1) is 0 Å². The third-order valence-electron chi connectivity index (χ3n) is 2.10. The smallest absolute Gasteiger partial charge is 0.408 e. The molecule has 5 nitrogen and oxygen atoms in total. The normalized spacial score (nSPS) is 13.8. The van der Waals surface area contributed by atoms with E-state index in [-0.39, 0.29) is 12.8 Å². The van der Waals surface area contributed by atoms with Gasteiger partial charge in [-0.1, -0.05) is 0 Å². The molecule has 2 N–H and O–H groups in total. The summed E-state index contributed by atoms with van der Waals surface area (Å²) in [5.74, 6) is -4.11. The molecule has 0 saturated heterocycles. The van der Waals surface area contributed by atoms with Crippen LogP contribution in [0.1, 0.15) is 47.0 Å². The molecule has 0 aliphatic heterocycles. The van der Waals surface area contributed by atoms with Crippen LogP contribution in [0.25, 0.3) is 0 Å². The molecule has 0 heterocycles. The van der Waals surface area contributed by atoms with Gasteiger partial charge in [0.2, 0.25) is 5.92 Å². The summed E-state index contributed by atoms with van der Waals surface area (Å²) in [7, 11) is 0. The number of carboxylic acid groups (broad SMARTS) is 1. The minimum Gasteiger partial charge on any atom is -0.480 e. The number of carbonyl (C=O) groups is 2. The molecule has 0 spiro atoms. The second kappa shape index (κ2) is 6.68. The van der Waals surface area contributed by atoms with E-state index >= 15 is 0 Å². The largest absolute Gasteiger partial charge is 0.480 e. The Balaban J connectivity index is 4.28. The molecule has 19 heavy (non-hydrogen) atoms. The van der Waals surface area contributed by atoms with Gasteiger partial charge in [0.15, 0.2) is 0 Å². The lowest BCUT2D eigenvalue weighted by atomic mass is 10.1. The van der Waals surface area contributed by atoms with Gasteiger partial charge in [0.05, 0.1) is 0 Å². The Morgan fingerprint density at radius 2 is 1.79 bits per heavy atom. The van der Waals surface area contributed by atoms with Crippen molar-refractivity contribution in [2.45, 2.75) is 64.5 Å². The number of amides is 1. The molecule has 1 unspecified atom stereocenters. The van der Waals surface area contributed by atoms with E-state index in [1.54, 1.807) is 20.8 Å². The lowest BCUT2D eigenvalue weighted by molar-refractivity contribution is -0.139. The molecule has 1 atom stereocenters. The number of alkyl halides is 2. The van der Waals surface area contributed by atoms with E-state index in [9.17, 15) is 18.4 Å². The van der Waals surface area contributed by atoms with Gasteiger partial charge in [-0.3, -0.25) is 0 Å². The van der Waals surface area contributed by atoms with Gasteiger partial charge in [0.25, 0.3) is 0 Å². The maximum absolute atomic E-state index is 12.6. The Morgan fingerprint density at radius 1 is 1.26 bits per heavy atom. The average molecular weight is 281 g/mol. The van der Waals surface area contributed by atoms with Crippen molar-refractivity contribution in [1.29, 1.82) is 0 Å². The van der Waals surface area contributed by atoms with Gasteiger partial charge in [-0.2, -0.15) is 0 Å². The fraction of sp³-hybridized carbons (Fsp3) is 0.833. The average Bonchev–Trinajstić information content (AvgIpc) is 2.10. The number of nitrogens with one attached hydrogen (secondary N) is 1. The number of aliphatic carboxylic acids is 1. The molecule has 0 bridgehead atoms. The molecule has 1 amide bonds. The highest BCUT2D eigenvalue weighted by atomic mass is 19.3. The molecule has 0 saturated carbocycles. The molecular formula is C12H21F2NO4. The van der Waals surface area contributed by atoms with Crippen molar-refractivity contribution in [1.82, 2.24) is 5.32 Å². The Labute approximate surface area is 111 Å². The van der Waals surface area contributed by atoms with E-state index in [0.29, 0.717) is 0 Å². The molecule has 0 aliphatic rings. The zero-order valence-corrected chi connectivity index (χ0v) is 11.6. The molecule has 0 radical (unpaired) electrons. The van der Waals surface area contributed by atoms with Crippen molar-refractivity contribution in [2.75, 3.05) is 0 Å². The van der Waals surface area contributed by atoms with Gasteiger partial charge in [-0.15, -0.1) is 0 Å². The predicted molar refractivity (Wildman–Crippen MR) is 65.3 cm³/mol. The second-order valence-electron chi connectivity index (χ2n) is 5.50. The molecule has 112 valence electrons. The first-order valence-corrected chi connectivity index (χ1v) is 6.01. The fourth-order valence-corrected chi connectivity index (χ4v) is 1.32. The fourth-order valence-electron chi connectivity index (χ4n) is 1.32. The lowest BCUT2D eigenvalue weighted by Crippen LogP contribution is -2.43. The Bertz CT molecular complexity index is 321. The number of rotatable bonds is 6. The maximum Gasteiger partial charge on any atom is 0.408 e. The quantitative estimate of drug-likeness (QED) is 0.785. The molecule has 0 aromatic heterocycles. The molecule has 0 aliphatic carbocycles. The molecule has 0 aromatic rings. The Hall–Kier alpha value is -1.40. The minimum absolute atomic E-state index is 0.00371. The summed E-state index contributed by atoms with van der Waals surface area (Å²) in [6, 6.07) is -1.22. The SMILES string of the molecule is CC(F)(F)CCCC(NC(=O)OC(C)(C)C)C(=O)O. The van der Waals surface area contributed by atoms with Crippen LogP contribution in [-0.2, 0) is 9.53 Å². The number of halogens is 2. The predicted octanol–water partition coefficient (Wildman–Crippen LogP) is 2.79. The van der Waals surface area contributed by atoms with E-state index in [4.69, 9.17) is 9.84 Å². The van der Waals surface area contributed by atoms with Crippen molar-refractivity contribution in [3.05, 3.63) is 0 Å². The molecule has 0 rings (SSSR count). The topological polar surface area (TPSA) is 75.6 Å². The van der Waals surface area contributed by atoms with Crippen LogP contribution in [0.3, 0.4) is 0 Å². The number of ether oxygens (including phenoxy) is 1. The van der Waals surface area contributed by atoms with Crippen molar-refractivity contribution in [3.8, 4) is 0 Å². The van der Waals surface area contributed by atoms with E-state index in [1.165, 1.54) is 0 Å². The first kappa shape index (κ1) is 17.6. The first-order valence-electron chi connectivity index (χ1n) is 6.01. The van der Waals surface area contributed by atoms with E-state index < -0.39 is 36.0 Å². The number of carbonyl (C=O) groups excluding carboxylic acids is 1. The van der Waals surface area contributed by atoms with E-state index in [1.807, 2.05) is 0 Å². The van der Waals surface area contributed by atoms with Crippen LogP contribution in [0.2, 0.25) is 0 Å². The van der Waals surface area contributed by atoms with Crippen LogP contribution in [-0.4, -0.2) is 34.7 Å². The van der Waals surface area contributed by atoms with E-state index in [2.05, 4.69) is 5.32 Å². The number of alkyl carbamates (subject to hydrolysis) is 1.